The molecular weight excluding hydrogens is 247 g/mol. The maximum Gasteiger partial charge on any atom is 0.275 e. The van der Waals surface area contributed by atoms with E-state index < -0.39 is 29.0 Å². The number of nitrogens with one attached hydrogen (secondary N) is 1. The van der Waals surface area contributed by atoms with Gasteiger partial charge in [0.2, 0.25) is 0 Å². The molecule has 1 aromatic heterocycles. The van der Waals surface area contributed by atoms with Crippen LogP contribution in [-0.4, -0.2) is 15.9 Å². The molecule has 1 N–H and O–H groups in total. The number of anilines is 1. The molecule has 4 nitrogen and oxygen atoms in total. The Morgan fingerprint density at radius 1 is 1.11 bits per heavy atom. The number of aromatic nitrogens is 2. The number of carbonyl (C=O) groups excluding carboxylic acids is 1. The zero-order chi connectivity index (χ0) is 13.1. The fraction of sp³-hybridized carbons (Fsp3) is 0. The molecule has 1 aromatic carbocycles. The first-order valence-electron chi connectivity index (χ1n) is 4.80. The highest BCUT2D eigenvalue weighted by Gasteiger charge is 2.16. The molecule has 7 heteroatoms. The lowest BCUT2D eigenvalue weighted by atomic mass is 10.2. The van der Waals surface area contributed by atoms with Crippen LogP contribution in [0.1, 0.15) is 10.5 Å². The Morgan fingerprint density at radius 2 is 1.89 bits per heavy atom. The molecule has 0 spiro atoms. The summed E-state index contributed by atoms with van der Waals surface area (Å²) in [6, 6.07) is 1.63. The molecule has 0 saturated heterocycles. The maximum atomic E-state index is 13.3. The lowest BCUT2D eigenvalue weighted by Crippen LogP contribution is -2.15. The van der Waals surface area contributed by atoms with Crippen molar-refractivity contribution in [3.63, 3.8) is 0 Å². The Balaban J connectivity index is 2.26. The summed E-state index contributed by atoms with van der Waals surface area (Å²) in [6.07, 6.45) is 3.79. The molecule has 0 bridgehead atoms. The van der Waals surface area contributed by atoms with Gasteiger partial charge >= 0.3 is 0 Å². The molecule has 2 rings (SSSR count). The third-order valence-corrected chi connectivity index (χ3v) is 2.08. The van der Waals surface area contributed by atoms with Crippen molar-refractivity contribution in [1.29, 1.82) is 0 Å². The number of hydrogen-bond acceptors (Lipinski definition) is 3. The van der Waals surface area contributed by atoms with Crippen LogP contribution in [0, 0.1) is 17.5 Å². The Kier molecular flexibility index (Phi) is 3.22. The zero-order valence-corrected chi connectivity index (χ0v) is 8.82. The van der Waals surface area contributed by atoms with Gasteiger partial charge in [-0.25, -0.2) is 18.2 Å². The van der Waals surface area contributed by atoms with E-state index in [4.69, 9.17) is 0 Å². The third-order valence-electron chi connectivity index (χ3n) is 2.08. The molecule has 0 unspecified atom stereocenters. The van der Waals surface area contributed by atoms with Crippen molar-refractivity contribution in [1.82, 2.24) is 9.97 Å². The van der Waals surface area contributed by atoms with Gasteiger partial charge in [-0.2, -0.15) is 0 Å². The average Bonchev–Trinajstić information content (AvgIpc) is 2.40. The van der Waals surface area contributed by atoms with Crippen molar-refractivity contribution in [2.45, 2.75) is 0 Å². The number of nitrogens with zero attached hydrogens (tertiary/aromatic N) is 2. The quantitative estimate of drug-likeness (QED) is 0.834. The third kappa shape index (κ3) is 2.29. The minimum absolute atomic E-state index is 0.0679. The van der Waals surface area contributed by atoms with E-state index in [9.17, 15) is 18.0 Å². The molecule has 0 fully saturated rings. The number of carbonyl (C=O) groups is 1. The highest BCUT2D eigenvalue weighted by Crippen LogP contribution is 2.19. The molecule has 0 aliphatic heterocycles. The summed E-state index contributed by atoms with van der Waals surface area (Å²) in [5, 5.41) is 2.07. The molecular formula is C11H6F3N3O. The lowest BCUT2D eigenvalue weighted by Gasteiger charge is -2.06. The molecule has 1 amide bonds. The van der Waals surface area contributed by atoms with Crippen LogP contribution in [0.15, 0.2) is 30.7 Å². The van der Waals surface area contributed by atoms with Crippen molar-refractivity contribution in [3.05, 3.63) is 53.9 Å². The largest absolute Gasteiger partial charge is 0.318 e. The lowest BCUT2D eigenvalue weighted by molar-refractivity contribution is 0.102. The van der Waals surface area contributed by atoms with Crippen molar-refractivity contribution in [2.75, 3.05) is 5.32 Å². The fourth-order valence-electron chi connectivity index (χ4n) is 1.23. The van der Waals surface area contributed by atoms with E-state index in [0.29, 0.717) is 6.07 Å². The topological polar surface area (TPSA) is 54.9 Å². The highest BCUT2D eigenvalue weighted by molar-refractivity contribution is 6.02. The summed E-state index contributed by atoms with van der Waals surface area (Å²) in [5.41, 5.74) is -0.536. The summed E-state index contributed by atoms with van der Waals surface area (Å²) >= 11 is 0. The van der Waals surface area contributed by atoms with Crippen LogP contribution in [0.4, 0.5) is 18.9 Å². The van der Waals surface area contributed by atoms with Gasteiger partial charge in [0.15, 0.2) is 17.5 Å². The van der Waals surface area contributed by atoms with Crippen molar-refractivity contribution >= 4 is 11.6 Å². The number of rotatable bonds is 2. The second-order valence-electron chi connectivity index (χ2n) is 3.27. The first-order valence-corrected chi connectivity index (χ1v) is 4.80. The van der Waals surface area contributed by atoms with Crippen molar-refractivity contribution in [3.8, 4) is 0 Å². The van der Waals surface area contributed by atoms with Gasteiger partial charge in [-0.15, -0.1) is 0 Å². The SMILES string of the molecule is O=C(Nc1ccc(F)c(F)c1F)c1cnccn1. The predicted octanol–water partition coefficient (Wildman–Crippen LogP) is 2.15. The molecule has 18 heavy (non-hydrogen) atoms. The minimum atomic E-state index is -1.65. The van der Waals surface area contributed by atoms with E-state index in [1.54, 1.807) is 0 Å². The second-order valence-corrected chi connectivity index (χ2v) is 3.27. The summed E-state index contributed by atoms with van der Waals surface area (Å²) < 4.78 is 38.9. The van der Waals surface area contributed by atoms with Gasteiger partial charge in [0, 0.05) is 12.4 Å². The molecule has 92 valence electrons. The molecule has 0 aliphatic carbocycles. The van der Waals surface area contributed by atoms with Crippen LogP contribution in [0.5, 0.6) is 0 Å². The fourth-order valence-corrected chi connectivity index (χ4v) is 1.23. The minimum Gasteiger partial charge on any atom is -0.318 e. The average molecular weight is 253 g/mol. The van der Waals surface area contributed by atoms with Crippen molar-refractivity contribution in [2.24, 2.45) is 0 Å². The van der Waals surface area contributed by atoms with Crippen LogP contribution in [0.2, 0.25) is 0 Å². The maximum absolute atomic E-state index is 13.3. The Hall–Kier alpha value is -2.44. The predicted molar refractivity (Wildman–Crippen MR) is 56.3 cm³/mol. The van der Waals surface area contributed by atoms with Gasteiger partial charge in [-0.3, -0.25) is 9.78 Å². The number of halogens is 3. The summed E-state index contributed by atoms with van der Waals surface area (Å²) in [7, 11) is 0. The van der Waals surface area contributed by atoms with Crippen molar-refractivity contribution < 1.29 is 18.0 Å². The van der Waals surface area contributed by atoms with Crippen LogP contribution in [-0.2, 0) is 0 Å². The Morgan fingerprint density at radius 3 is 2.56 bits per heavy atom. The summed E-state index contributed by atoms with van der Waals surface area (Å²) in [5.74, 6) is -5.21. The van der Waals surface area contributed by atoms with Gasteiger partial charge in [0.25, 0.3) is 5.91 Å². The molecule has 0 atom stereocenters. The van der Waals surface area contributed by atoms with Gasteiger partial charge in [-0.05, 0) is 12.1 Å². The molecule has 0 saturated carbocycles. The van der Waals surface area contributed by atoms with E-state index in [1.165, 1.54) is 12.4 Å². The first kappa shape index (κ1) is 12.0. The zero-order valence-electron chi connectivity index (χ0n) is 8.82. The Bertz CT molecular complexity index is 590. The molecule has 0 radical (unpaired) electrons. The van der Waals surface area contributed by atoms with Gasteiger partial charge in [-0.1, -0.05) is 0 Å². The van der Waals surface area contributed by atoms with Crippen LogP contribution < -0.4 is 5.32 Å². The van der Waals surface area contributed by atoms with Crippen LogP contribution in [0.3, 0.4) is 0 Å². The van der Waals surface area contributed by atoms with E-state index in [2.05, 4.69) is 15.3 Å². The number of benzene rings is 1. The van der Waals surface area contributed by atoms with Gasteiger partial charge in [0.1, 0.15) is 5.69 Å². The molecule has 2 aromatic rings. The normalized spacial score (nSPS) is 10.2. The summed E-state index contributed by atoms with van der Waals surface area (Å²) in [6.45, 7) is 0. The Labute approximate surface area is 99.5 Å². The van der Waals surface area contributed by atoms with E-state index in [0.717, 1.165) is 12.3 Å². The van der Waals surface area contributed by atoms with E-state index in [-0.39, 0.29) is 5.69 Å². The van der Waals surface area contributed by atoms with E-state index >= 15 is 0 Å². The first-order chi connectivity index (χ1) is 8.59. The van der Waals surface area contributed by atoms with Crippen LogP contribution in [0.25, 0.3) is 0 Å². The second kappa shape index (κ2) is 4.82. The number of amides is 1. The summed E-state index contributed by atoms with van der Waals surface area (Å²) in [4.78, 5) is 18.9. The van der Waals surface area contributed by atoms with Gasteiger partial charge < -0.3 is 5.32 Å². The highest BCUT2D eigenvalue weighted by atomic mass is 19.2. The molecule has 0 aliphatic rings. The van der Waals surface area contributed by atoms with Crippen LogP contribution >= 0.6 is 0 Å². The van der Waals surface area contributed by atoms with Gasteiger partial charge in [0.05, 0.1) is 11.9 Å². The smallest absolute Gasteiger partial charge is 0.275 e. The van der Waals surface area contributed by atoms with E-state index in [1.807, 2.05) is 0 Å². The number of hydrogen-bond donors (Lipinski definition) is 1. The standard InChI is InChI=1S/C11H6F3N3O/c12-6-1-2-7(10(14)9(6)13)17-11(18)8-5-15-3-4-16-8/h1-5H,(H,17,18). The molecule has 1 heterocycles. The monoisotopic (exact) mass is 253 g/mol.